The van der Waals surface area contributed by atoms with Crippen molar-refractivity contribution in [1.29, 1.82) is 0 Å². The van der Waals surface area contributed by atoms with Gasteiger partial charge in [0.25, 0.3) is 0 Å². The van der Waals surface area contributed by atoms with Crippen LogP contribution in [-0.2, 0) is 42.8 Å². The number of nitrogens with zero attached hydrogens (tertiary/aromatic N) is 3. The minimum atomic E-state index is 0. The van der Waals surface area contributed by atoms with Crippen molar-refractivity contribution in [2.45, 2.75) is 60.3 Å². The molecule has 0 unspecified atom stereocenters. The molecule has 3 rings (SSSR count). The van der Waals surface area contributed by atoms with Gasteiger partial charge in [-0.1, -0.05) is 64.1 Å². The Bertz CT molecular complexity index is 983. The predicted molar refractivity (Wildman–Crippen MR) is 134 cm³/mol. The van der Waals surface area contributed by atoms with Gasteiger partial charge in [-0.3, -0.25) is 9.98 Å². The number of para-hydroxylation sites is 2. The van der Waals surface area contributed by atoms with Crippen LogP contribution in [0.3, 0.4) is 0 Å². The molecule has 0 aliphatic carbocycles. The van der Waals surface area contributed by atoms with E-state index in [0.717, 1.165) is 54.0 Å². The van der Waals surface area contributed by atoms with Crippen molar-refractivity contribution in [2.75, 3.05) is 0 Å². The number of aromatic nitrogens is 1. The van der Waals surface area contributed by atoms with E-state index >= 15 is 0 Å². The fourth-order valence-corrected chi connectivity index (χ4v) is 3.88. The first-order valence-corrected chi connectivity index (χ1v) is 11.4. The molecule has 0 aliphatic heterocycles. The summed E-state index contributed by atoms with van der Waals surface area (Å²) >= 11 is 0. The maximum atomic E-state index is 4.84. The van der Waals surface area contributed by atoms with Gasteiger partial charge in [0.2, 0.25) is 0 Å². The molecule has 34 heavy (non-hydrogen) atoms. The molecule has 1 heterocycles. The Kier molecular flexibility index (Phi) is 14.9. The number of pyridine rings is 1. The number of hydrogen-bond donors (Lipinski definition) is 0. The van der Waals surface area contributed by atoms with E-state index < -0.39 is 0 Å². The summed E-state index contributed by atoms with van der Waals surface area (Å²) in [6, 6.07) is 17.0. The summed E-state index contributed by atoms with van der Waals surface area (Å²) in [6.07, 6.45) is 7.64. The fourth-order valence-electron chi connectivity index (χ4n) is 3.88. The fraction of sp³-hybridized carbons (Fsp3) is 0.321. The van der Waals surface area contributed by atoms with Crippen LogP contribution in [0.5, 0.6) is 0 Å². The average molecular weight is 538 g/mol. The van der Waals surface area contributed by atoms with Gasteiger partial charge >= 0.3 is 17.1 Å². The Morgan fingerprint density at radius 2 is 0.971 bits per heavy atom. The van der Waals surface area contributed by atoms with Crippen LogP contribution in [-0.4, -0.2) is 17.4 Å². The Labute approximate surface area is 227 Å². The van der Waals surface area contributed by atoms with Crippen LogP contribution < -0.4 is 24.8 Å². The van der Waals surface area contributed by atoms with Crippen molar-refractivity contribution in [1.82, 2.24) is 4.98 Å². The van der Waals surface area contributed by atoms with E-state index in [9.17, 15) is 0 Å². The number of rotatable bonds is 8. The number of hydrogen-bond acceptors (Lipinski definition) is 3. The monoisotopic (exact) mass is 537 g/mol. The molecule has 0 saturated carbocycles. The smallest absolute Gasteiger partial charge is 1.00 e. The van der Waals surface area contributed by atoms with Gasteiger partial charge < -0.3 is 24.8 Å². The van der Waals surface area contributed by atoms with Gasteiger partial charge in [-0.15, -0.1) is 0 Å². The standard InChI is InChI=1S/C28H33N3.2ClH.Fe/c1-6-21-12-10-13-22(7-2)27(21)29-18-25-16-20(5)17-26(31-25)19-30-28-23(8-3)14-11-15-24(28)9-4;;;/h10-19H,6-9H2,1-5H3;2*1H;/q;;;+2/p-2. The molecule has 3 nitrogen and oxygen atoms in total. The van der Waals surface area contributed by atoms with Crippen molar-refractivity contribution in [3.8, 4) is 0 Å². The molecule has 0 atom stereocenters. The number of aryl methyl sites for hydroxylation is 5. The minimum absolute atomic E-state index is 0. The first-order valence-electron chi connectivity index (χ1n) is 11.4. The molecular formula is C28H33Cl2FeN3. The molecule has 0 amide bonds. The Morgan fingerprint density at radius 3 is 1.26 bits per heavy atom. The molecule has 3 aromatic rings. The summed E-state index contributed by atoms with van der Waals surface area (Å²) in [5.74, 6) is 0. The molecule has 0 fully saturated rings. The van der Waals surface area contributed by atoms with Crippen LogP contribution >= 0.6 is 0 Å². The van der Waals surface area contributed by atoms with Crippen LogP contribution in [0.25, 0.3) is 0 Å². The SMILES string of the molecule is CCc1cccc(CC)c1N=Cc1cc(C)cc(C=Nc2c(CC)cccc2CC)n1.[Cl-].[Cl-].[Fe+2]. The van der Waals surface area contributed by atoms with E-state index in [1.807, 2.05) is 12.4 Å². The van der Waals surface area contributed by atoms with E-state index in [0.29, 0.717) is 0 Å². The summed E-state index contributed by atoms with van der Waals surface area (Å²) < 4.78 is 0. The third-order valence-electron chi connectivity index (χ3n) is 5.59. The molecule has 182 valence electrons. The third kappa shape index (κ3) is 8.06. The van der Waals surface area contributed by atoms with Gasteiger partial charge in [0.15, 0.2) is 0 Å². The molecule has 6 heteroatoms. The van der Waals surface area contributed by atoms with Gasteiger partial charge in [0.05, 0.1) is 35.2 Å². The van der Waals surface area contributed by atoms with Crippen LogP contribution in [0.15, 0.2) is 58.5 Å². The van der Waals surface area contributed by atoms with Crippen LogP contribution in [0.1, 0.15) is 66.9 Å². The van der Waals surface area contributed by atoms with E-state index in [1.165, 1.54) is 22.3 Å². The maximum Gasteiger partial charge on any atom is 2.00 e. The van der Waals surface area contributed by atoms with E-state index in [1.54, 1.807) is 0 Å². The summed E-state index contributed by atoms with van der Waals surface area (Å²) in [5.41, 5.74) is 10.1. The van der Waals surface area contributed by atoms with Gasteiger partial charge in [-0.05, 0) is 72.6 Å². The summed E-state index contributed by atoms with van der Waals surface area (Å²) in [7, 11) is 0. The normalized spacial score (nSPS) is 10.6. The second-order valence-electron chi connectivity index (χ2n) is 7.77. The van der Waals surface area contributed by atoms with Gasteiger partial charge in [0, 0.05) is 0 Å². The Hall–Kier alpha value is -1.97. The van der Waals surface area contributed by atoms with Crippen molar-refractivity contribution in [3.05, 3.63) is 87.7 Å². The molecule has 1 aromatic heterocycles. The summed E-state index contributed by atoms with van der Waals surface area (Å²) in [4.78, 5) is 14.5. The molecular weight excluding hydrogens is 505 g/mol. The van der Waals surface area contributed by atoms with Crippen molar-refractivity contribution < 1.29 is 41.9 Å². The van der Waals surface area contributed by atoms with Crippen LogP contribution in [0.4, 0.5) is 11.4 Å². The Morgan fingerprint density at radius 1 is 0.647 bits per heavy atom. The zero-order chi connectivity index (χ0) is 22.2. The van der Waals surface area contributed by atoms with E-state index in [2.05, 4.69) is 83.1 Å². The van der Waals surface area contributed by atoms with Gasteiger partial charge in [-0.2, -0.15) is 0 Å². The van der Waals surface area contributed by atoms with Gasteiger partial charge in [-0.25, -0.2) is 4.98 Å². The predicted octanol–water partition coefficient (Wildman–Crippen LogP) is 1.15. The topological polar surface area (TPSA) is 37.6 Å². The first kappa shape index (κ1) is 32.0. The van der Waals surface area contributed by atoms with Crippen molar-refractivity contribution in [2.24, 2.45) is 9.98 Å². The average Bonchev–Trinajstić information content (AvgIpc) is 2.80. The zero-order valence-corrected chi connectivity index (χ0v) is 23.2. The second kappa shape index (κ2) is 15.8. The number of halogens is 2. The number of benzene rings is 2. The van der Waals surface area contributed by atoms with E-state index in [-0.39, 0.29) is 41.9 Å². The zero-order valence-electron chi connectivity index (χ0n) is 20.6. The van der Waals surface area contributed by atoms with Gasteiger partial charge in [0.1, 0.15) is 0 Å². The molecule has 0 N–H and O–H groups in total. The molecule has 2 aromatic carbocycles. The van der Waals surface area contributed by atoms with Crippen LogP contribution in [0, 0.1) is 6.92 Å². The maximum absolute atomic E-state index is 4.84. The third-order valence-corrected chi connectivity index (χ3v) is 5.59. The van der Waals surface area contributed by atoms with Crippen LogP contribution in [0.2, 0.25) is 0 Å². The Balaban J connectivity index is 0.00000363. The molecule has 0 saturated heterocycles. The molecule has 0 spiro atoms. The summed E-state index contributed by atoms with van der Waals surface area (Å²) in [6.45, 7) is 10.8. The molecule has 0 bridgehead atoms. The second-order valence-corrected chi connectivity index (χ2v) is 7.77. The van der Waals surface area contributed by atoms with Crippen molar-refractivity contribution in [3.63, 3.8) is 0 Å². The van der Waals surface area contributed by atoms with E-state index in [4.69, 9.17) is 15.0 Å². The minimum Gasteiger partial charge on any atom is -1.00 e. The summed E-state index contributed by atoms with van der Waals surface area (Å²) in [5, 5.41) is 0. The number of aliphatic imine (C=N–C) groups is 2. The quantitative estimate of drug-likeness (QED) is 0.314. The molecule has 0 aliphatic rings. The van der Waals surface area contributed by atoms with Crippen molar-refractivity contribution >= 4 is 23.8 Å². The molecule has 0 radical (unpaired) electrons. The first-order chi connectivity index (χ1) is 15.1. The largest absolute Gasteiger partial charge is 2.00 e.